The van der Waals surface area contributed by atoms with E-state index >= 15 is 0 Å². The molecule has 1 saturated carbocycles. The molecule has 0 bridgehead atoms. The molecule has 0 atom stereocenters. The summed E-state index contributed by atoms with van der Waals surface area (Å²) < 4.78 is 5.43. The molecule has 2 heteroatoms. The standard InChI is InChI=1S/C16H30O2/c1-2-3-4-5-6-7-8-9-14-16(17)18-15-12-10-11-13-15/h15H,2-14H2,1H3. The fraction of sp³-hybridized carbons (Fsp3) is 0.938. The zero-order valence-corrected chi connectivity index (χ0v) is 12.1. The summed E-state index contributed by atoms with van der Waals surface area (Å²) in [6.45, 7) is 2.25. The van der Waals surface area contributed by atoms with Crippen LogP contribution in [0.1, 0.15) is 90.4 Å². The average Bonchev–Trinajstić information content (AvgIpc) is 2.85. The molecule has 1 rings (SSSR count). The Morgan fingerprint density at radius 1 is 0.944 bits per heavy atom. The summed E-state index contributed by atoms with van der Waals surface area (Å²) >= 11 is 0. The van der Waals surface area contributed by atoms with Gasteiger partial charge in [-0.15, -0.1) is 0 Å². The molecule has 2 nitrogen and oxygen atoms in total. The lowest BCUT2D eigenvalue weighted by molar-refractivity contribution is -0.148. The maximum absolute atomic E-state index is 11.6. The van der Waals surface area contributed by atoms with E-state index in [4.69, 9.17) is 4.74 Å². The van der Waals surface area contributed by atoms with Crippen LogP contribution in [0.15, 0.2) is 0 Å². The third-order valence-electron chi connectivity index (χ3n) is 3.83. The van der Waals surface area contributed by atoms with Crippen molar-refractivity contribution in [2.45, 2.75) is 96.5 Å². The van der Waals surface area contributed by atoms with E-state index in [1.165, 1.54) is 57.8 Å². The Morgan fingerprint density at radius 3 is 2.11 bits per heavy atom. The number of esters is 1. The summed E-state index contributed by atoms with van der Waals surface area (Å²) in [6, 6.07) is 0. The van der Waals surface area contributed by atoms with Gasteiger partial charge in [-0.2, -0.15) is 0 Å². The number of unbranched alkanes of at least 4 members (excludes halogenated alkanes) is 7. The molecule has 1 fully saturated rings. The first-order valence-corrected chi connectivity index (χ1v) is 8.02. The van der Waals surface area contributed by atoms with Crippen molar-refractivity contribution in [1.82, 2.24) is 0 Å². The van der Waals surface area contributed by atoms with Gasteiger partial charge in [-0.1, -0.05) is 51.9 Å². The number of hydrogen-bond donors (Lipinski definition) is 0. The van der Waals surface area contributed by atoms with E-state index in [2.05, 4.69) is 6.92 Å². The van der Waals surface area contributed by atoms with Crippen LogP contribution in [0.5, 0.6) is 0 Å². The minimum atomic E-state index is 0.0351. The maximum Gasteiger partial charge on any atom is 0.306 e. The summed E-state index contributed by atoms with van der Waals surface area (Å²) in [5.41, 5.74) is 0. The Morgan fingerprint density at radius 2 is 1.50 bits per heavy atom. The van der Waals surface area contributed by atoms with Crippen LogP contribution in [0.25, 0.3) is 0 Å². The molecule has 0 aromatic rings. The van der Waals surface area contributed by atoms with Crippen LogP contribution in [-0.4, -0.2) is 12.1 Å². The highest BCUT2D eigenvalue weighted by Crippen LogP contribution is 2.21. The molecule has 106 valence electrons. The van der Waals surface area contributed by atoms with Crippen LogP contribution >= 0.6 is 0 Å². The zero-order valence-electron chi connectivity index (χ0n) is 12.1. The first kappa shape index (κ1) is 15.5. The predicted molar refractivity (Wildman–Crippen MR) is 75.6 cm³/mol. The zero-order chi connectivity index (χ0) is 13.1. The van der Waals surface area contributed by atoms with Crippen molar-refractivity contribution < 1.29 is 9.53 Å². The summed E-state index contributed by atoms with van der Waals surface area (Å²) in [5, 5.41) is 0. The fourth-order valence-corrected chi connectivity index (χ4v) is 2.65. The summed E-state index contributed by atoms with van der Waals surface area (Å²) in [5.74, 6) is 0.0351. The molecule has 0 spiro atoms. The number of carbonyl (C=O) groups is 1. The quantitative estimate of drug-likeness (QED) is 0.405. The highest BCUT2D eigenvalue weighted by atomic mass is 16.5. The fourth-order valence-electron chi connectivity index (χ4n) is 2.65. The minimum absolute atomic E-state index is 0.0351. The van der Waals surface area contributed by atoms with Gasteiger partial charge in [-0.05, 0) is 32.1 Å². The molecule has 1 aliphatic rings. The van der Waals surface area contributed by atoms with Crippen molar-refractivity contribution in [2.24, 2.45) is 0 Å². The molecule has 0 aromatic carbocycles. The van der Waals surface area contributed by atoms with Gasteiger partial charge in [-0.25, -0.2) is 0 Å². The monoisotopic (exact) mass is 254 g/mol. The van der Waals surface area contributed by atoms with Gasteiger partial charge in [0.1, 0.15) is 6.10 Å². The third-order valence-corrected chi connectivity index (χ3v) is 3.83. The highest BCUT2D eigenvalue weighted by Gasteiger charge is 2.18. The Kier molecular flexibility index (Phi) is 8.97. The van der Waals surface area contributed by atoms with Crippen molar-refractivity contribution in [3.8, 4) is 0 Å². The van der Waals surface area contributed by atoms with Gasteiger partial charge in [0, 0.05) is 6.42 Å². The number of hydrogen-bond acceptors (Lipinski definition) is 2. The van der Waals surface area contributed by atoms with Gasteiger partial charge in [-0.3, -0.25) is 4.79 Å². The number of ether oxygens (including phenoxy) is 1. The van der Waals surface area contributed by atoms with Crippen LogP contribution in [0.4, 0.5) is 0 Å². The van der Waals surface area contributed by atoms with E-state index < -0.39 is 0 Å². The molecule has 0 amide bonds. The van der Waals surface area contributed by atoms with Crippen LogP contribution in [0.2, 0.25) is 0 Å². The molecule has 0 heterocycles. The van der Waals surface area contributed by atoms with Gasteiger partial charge < -0.3 is 4.74 Å². The second-order valence-corrected chi connectivity index (χ2v) is 5.62. The molecule has 0 aliphatic heterocycles. The summed E-state index contributed by atoms with van der Waals surface area (Å²) in [7, 11) is 0. The van der Waals surface area contributed by atoms with E-state index in [1.807, 2.05) is 0 Å². The van der Waals surface area contributed by atoms with Crippen molar-refractivity contribution in [3.63, 3.8) is 0 Å². The van der Waals surface area contributed by atoms with Gasteiger partial charge in [0.2, 0.25) is 0 Å². The molecule has 0 saturated heterocycles. The number of carbonyl (C=O) groups excluding carboxylic acids is 1. The van der Waals surface area contributed by atoms with E-state index in [1.54, 1.807) is 0 Å². The minimum Gasteiger partial charge on any atom is -0.462 e. The van der Waals surface area contributed by atoms with E-state index in [-0.39, 0.29) is 12.1 Å². The molecular weight excluding hydrogens is 224 g/mol. The highest BCUT2D eigenvalue weighted by molar-refractivity contribution is 5.69. The Labute approximate surface area is 112 Å². The smallest absolute Gasteiger partial charge is 0.306 e. The molecular formula is C16H30O2. The summed E-state index contributed by atoms with van der Waals surface area (Å²) in [6.07, 6.45) is 15.7. The molecule has 1 aliphatic carbocycles. The van der Waals surface area contributed by atoms with Crippen molar-refractivity contribution >= 4 is 5.97 Å². The molecule has 0 radical (unpaired) electrons. The van der Waals surface area contributed by atoms with Crippen LogP contribution in [0.3, 0.4) is 0 Å². The molecule has 18 heavy (non-hydrogen) atoms. The Hall–Kier alpha value is -0.530. The third kappa shape index (κ3) is 7.73. The second-order valence-electron chi connectivity index (χ2n) is 5.62. The van der Waals surface area contributed by atoms with Gasteiger partial charge in [0.15, 0.2) is 0 Å². The van der Waals surface area contributed by atoms with E-state index in [9.17, 15) is 4.79 Å². The lowest BCUT2D eigenvalue weighted by atomic mass is 10.1. The van der Waals surface area contributed by atoms with E-state index in [0.29, 0.717) is 6.42 Å². The molecule has 0 N–H and O–H groups in total. The van der Waals surface area contributed by atoms with Crippen molar-refractivity contribution in [1.29, 1.82) is 0 Å². The normalized spacial score (nSPS) is 16.1. The van der Waals surface area contributed by atoms with Crippen molar-refractivity contribution in [2.75, 3.05) is 0 Å². The van der Waals surface area contributed by atoms with Gasteiger partial charge >= 0.3 is 5.97 Å². The average molecular weight is 254 g/mol. The lowest BCUT2D eigenvalue weighted by Crippen LogP contribution is -2.14. The van der Waals surface area contributed by atoms with Gasteiger partial charge in [0.05, 0.1) is 0 Å². The molecule has 0 aromatic heterocycles. The first-order chi connectivity index (χ1) is 8.83. The first-order valence-electron chi connectivity index (χ1n) is 8.02. The summed E-state index contributed by atoms with van der Waals surface area (Å²) in [4.78, 5) is 11.6. The largest absolute Gasteiger partial charge is 0.462 e. The Bertz CT molecular complexity index is 207. The van der Waals surface area contributed by atoms with Crippen LogP contribution < -0.4 is 0 Å². The van der Waals surface area contributed by atoms with Crippen LogP contribution in [0, 0.1) is 0 Å². The topological polar surface area (TPSA) is 26.3 Å². The maximum atomic E-state index is 11.6. The Balaban J connectivity index is 1.83. The lowest BCUT2D eigenvalue weighted by Gasteiger charge is -2.10. The van der Waals surface area contributed by atoms with Crippen molar-refractivity contribution in [3.05, 3.63) is 0 Å². The van der Waals surface area contributed by atoms with Crippen LogP contribution in [-0.2, 0) is 9.53 Å². The SMILES string of the molecule is CCCCCCCCCCC(=O)OC1CCCC1. The molecule has 0 unspecified atom stereocenters. The van der Waals surface area contributed by atoms with Gasteiger partial charge in [0.25, 0.3) is 0 Å². The number of rotatable bonds is 10. The predicted octanol–water partition coefficient (Wildman–Crippen LogP) is 5.00. The van der Waals surface area contributed by atoms with E-state index in [0.717, 1.165) is 19.3 Å². The second kappa shape index (κ2) is 10.4.